The van der Waals surface area contributed by atoms with E-state index in [9.17, 15) is 19.8 Å². The first-order valence-corrected chi connectivity index (χ1v) is 10.0. The van der Waals surface area contributed by atoms with Crippen LogP contribution >= 0.6 is 0 Å². The van der Waals surface area contributed by atoms with Gasteiger partial charge in [0.15, 0.2) is 11.5 Å². The van der Waals surface area contributed by atoms with Crippen molar-refractivity contribution in [1.82, 2.24) is 5.43 Å². The predicted molar refractivity (Wildman–Crippen MR) is 124 cm³/mol. The van der Waals surface area contributed by atoms with E-state index >= 15 is 0 Å². The Bertz CT molecular complexity index is 1150. The van der Waals surface area contributed by atoms with Crippen LogP contribution in [0.5, 0.6) is 11.5 Å². The van der Waals surface area contributed by atoms with Crippen molar-refractivity contribution >= 4 is 23.7 Å². The third-order valence-electron chi connectivity index (χ3n) is 4.80. The van der Waals surface area contributed by atoms with Crippen molar-refractivity contribution < 1.29 is 19.8 Å². The maximum atomic E-state index is 12.5. The van der Waals surface area contributed by atoms with Crippen LogP contribution in [-0.2, 0) is 5.41 Å². The molecule has 0 bridgehead atoms. The molecule has 0 unspecified atom stereocenters. The monoisotopic (exact) mass is 431 g/mol. The van der Waals surface area contributed by atoms with Crippen molar-refractivity contribution in [2.45, 2.75) is 26.2 Å². The van der Waals surface area contributed by atoms with Gasteiger partial charge in [0.2, 0.25) is 0 Å². The summed E-state index contributed by atoms with van der Waals surface area (Å²) in [5, 5.41) is 25.4. The molecular weight excluding hydrogens is 406 g/mol. The van der Waals surface area contributed by atoms with Gasteiger partial charge in [0.25, 0.3) is 11.8 Å². The first kappa shape index (κ1) is 22.6. The quantitative estimate of drug-likeness (QED) is 0.272. The molecule has 0 aliphatic heterocycles. The highest BCUT2D eigenvalue weighted by molar-refractivity contribution is 6.04. The minimum Gasteiger partial charge on any atom is -0.504 e. The third kappa shape index (κ3) is 5.72. The van der Waals surface area contributed by atoms with Gasteiger partial charge in [-0.05, 0) is 71.1 Å². The van der Waals surface area contributed by atoms with E-state index in [-0.39, 0.29) is 22.8 Å². The van der Waals surface area contributed by atoms with Crippen LogP contribution in [0.25, 0.3) is 0 Å². The fourth-order valence-corrected chi connectivity index (χ4v) is 2.88. The van der Waals surface area contributed by atoms with Crippen molar-refractivity contribution in [3.8, 4) is 11.5 Å². The first-order valence-electron chi connectivity index (χ1n) is 10.0. The topological polar surface area (TPSA) is 111 Å². The highest BCUT2D eigenvalue weighted by atomic mass is 16.3. The van der Waals surface area contributed by atoms with E-state index < -0.39 is 5.91 Å². The van der Waals surface area contributed by atoms with E-state index in [2.05, 4.69) is 36.6 Å². The molecule has 0 fully saturated rings. The van der Waals surface area contributed by atoms with E-state index in [0.717, 1.165) is 5.56 Å². The molecule has 3 aromatic rings. The number of hydrogen-bond donors (Lipinski definition) is 4. The highest BCUT2D eigenvalue weighted by Gasteiger charge is 2.14. The fourth-order valence-electron chi connectivity index (χ4n) is 2.88. The molecule has 0 saturated heterocycles. The largest absolute Gasteiger partial charge is 0.504 e. The van der Waals surface area contributed by atoms with Crippen LogP contribution < -0.4 is 10.7 Å². The number of carbonyl (C=O) groups is 2. The number of rotatable bonds is 5. The van der Waals surface area contributed by atoms with Crippen molar-refractivity contribution in [3.63, 3.8) is 0 Å². The lowest BCUT2D eigenvalue weighted by atomic mass is 9.87. The van der Waals surface area contributed by atoms with Crippen LogP contribution in [0.3, 0.4) is 0 Å². The molecule has 0 heterocycles. The van der Waals surface area contributed by atoms with Gasteiger partial charge >= 0.3 is 0 Å². The molecule has 2 amide bonds. The zero-order valence-corrected chi connectivity index (χ0v) is 18.1. The Morgan fingerprint density at radius 3 is 2.00 bits per heavy atom. The number of amides is 2. The van der Waals surface area contributed by atoms with Gasteiger partial charge in [-0.1, -0.05) is 32.9 Å². The maximum absolute atomic E-state index is 12.5. The van der Waals surface area contributed by atoms with Crippen LogP contribution in [0.4, 0.5) is 5.69 Å². The van der Waals surface area contributed by atoms with Gasteiger partial charge in [0, 0.05) is 16.8 Å². The second-order valence-electron chi connectivity index (χ2n) is 8.31. The lowest BCUT2D eigenvalue weighted by molar-refractivity contribution is 0.0954. The summed E-state index contributed by atoms with van der Waals surface area (Å²) in [5.74, 6) is -1.17. The normalized spacial score (nSPS) is 11.3. The second-order valence-corrected chi connectivity index (χ2v) is 8.31. The number of aromatic hydroxyl groups is 2. The van der Waals surface area contributed by atoms with Gasteiger partial charge in [-0.3, -0.25) is 9.59 Å². The maximum Gasteiger partial charge on any atom is 0.271 e. The van der Waals surface area contributed by atoms with Crippen molar-refractivity contribution in [2.75, 3.05) is 5.32 Å². The fraction of sp³-hybridized carbons (Fsp3) is 0.160. The summed E-state index contributed by atoms with van der Waals surface area (Å²) in [7, 11) is 0. The summed E-state index contributed by atoms with van der Waals surface area (Å²) in [6.07, 6.45) is 1.34. The molecule has 164 valence electrons. The van der Waals surface area contributed by atoms with Crippen molar-refractivity contribution in [1.29, 1.82) is 0 Å². The average Bonchev–Trinajstić information content (AvgIpc) is 2.76. The summed E-state index contributed by atoms with van der Waals surface area (Å²) >= 11 is 0. The minimum atomic E-state index is -0.431. The molecule has 4 N–H and O–H groups in total. The van der Waals surface area contributed by atoms with Crippen LogP contribution in [0.2, 0.25) is 0 Å². The number of hydrazone groups is 1. The van der Waals surface area contributed by atoms with E-state index in [4.69, 9.17) is 0 Å². The molecule has 0 aliphatic carbocycles. The number of nitrogens with one attached hydrogen (secondary N) is 2. The van der Waals surface area contributed by atoms with Crippen molar-refractivity contribution in [3.05, 3.63) is 89.0 Å². The smallest absolute Gasteiger partial charge is 0.271 e. The third-order valence-corrected chi connectivity index (χ3v) is 4.80. The Morgan fingerprint density at radius 1 is 0.812 bits per heavy atom. The van der Waals surface area contributed by atoms with E-state index in [1.807, 2.05) is 12.1 Å². The lowest BCUT2D eigenvalue weighted by Gasteiger charge is -2.19. The number of carbonyl (C=O) groups excluding carboxylic acids is 2. The number of anilines is 1. The molecule has 0 spiro atoms. The zero-order valence-electron chi connectivity index (χ0n) is 18.1. The SMILES string of the molecule is CC(C)(C)c1ccc(C(=O)Nc2ccc(C(=O)NN=Cc3ccc(O)c(O)c3)cc2)cc1. The minimum absolute atomic E-state index is 0.0152. The molecule has 0 aliphatic rings. The summed E-state index contributed by atoms with van der Waals surface area (Å²) < 4.78 is 0. The van der Waals surface area contributed by atoms with Gasteiger partial charge in [-0.2, -0.15) is 5.10 Å². The van der Waals surface area contributed by atoms with Crippen LogP contribution in [-0.4, -0.2) is 28.2 Å². The Labute approximate surface area is 186 Å². The molecule has 3 rings (SSSR count). The Kier molecular flexibility index (Phi) is 6.59. The van der Waals surface area contributed by atoms with Crippen LogP contribution in [0.15, 0.2) is 71.8 Å². The van der Waals surface area contributed by atoms with Crippen LogP contribution in [0.1, 0.15) is 52.6 Å². The van der Waals surface area contributed by atoms with Gasteiger partial charge in [-0.15, -0.1) is 0 Å². The first-order chi connectivity index (χ1) is 15.1. The summed E-state index contributed by atoms with van der Waals surface area (Å²) in [6, 6.07) is 18.1. The Balaban J connectivity index is 1.58. The summed E-state index contributed by atoms with van der Waals surface area (Å²) in [6.45, 7) is 6.34. The predicted octanol–water partition coefficient (Wildman–Crippen LogP) is 4.41. The average molecular weight is 431 g/mol. The van der Waals surface area contributed by atoms with Crippen molar-refractivity contribution in [2.24, 2.45) is 5.10 Å². The van der Waals surface area contributed by atoms with E-state index in [1.54, 1.807) is 42.5 Å². The molecule has 7 heteroatoms. The molecule has 0 saturated carbocycles. The number of benzene rings is 3. The molecule has 32 heavy (non-hydrogen) atoms. The number of phenols is 2. The Morgan fingerprint density at radius 2 is 1.41 bits per heavy atom. The summed E-state index contributed by atoms with van der Waals surface area (Å²) in [4.78, 5) is 24.7. The molecule has 0 radical (unpaired) electrons. The lowest BCUT2D eigenvalue weighted by Crippen LogP contribution is -2.18. The van der Waals surface area contributed by atoms with E-state index in [1.165, 1.54) is 18.3 Å². The highest BCUT2D eigenvalue weighted by Crippen LogP contribution is 2.24. The number of phenolic OH excluding ortho intramolecular Hbond substituents is 2. The second kappa shape index (κ2) is 9.34. The zero-order chi connectivity index (χ0) is 23.3. The number of nitrogens with zero attached hydrogens (tertiary/aromatic N) is 1. The molecule has 0 atom stereocenters. The van der Waals surface area contributed by atoms with Gasteiger partial charge in [-0.25, -0.2) is 5.43 Å². The molecule has 7 nitrogen and oxygen atoms in total. The Hall–Kier alpha value is -4.13. The summed E-state index contributed by atoms with van der Waals surface area (Å²) in [5.41, 5.74) is 5.53. The van der Waals surface area contributed by atoms with Gasteiger partial charge < -0.3 is 15.5 Å². The van der Waals surface area contributed by atoms with Gasteiger partial charge in [0.05, 0.1) is 6.21 Å². The van der Waals surface area contributed by atoms with Gasteiger partial charge in [0.1, 0.15) is 0 Å². The number of hydrogen-bond acceptors (Lipinski definition) is 5. The molecule has 0 aromatic heterocycles. The standard InChI is InChI=1S/C25H25N3O4/c1-25(2,3)19-9-5-17(6-10-19)23(31)27-20-11-7-18(8-12-20)24(32)28-26-15-16-4-13-21(29)22(30)14-16/h4-15,29-30H,1-3H3,(H,27,31)(H,28,32). The molecular formula is C25H25N3O4. The van der Waals surface area contributed by atoms with E-state index in [0.29, 0.717) is 22.4 Å². The molecule has 3 aromatic carbocycles. The van der Waals surface area contributed by atoms with Crippen LogP contribution in [0, 0.1) is 0 Å².